The molecule has 2 heterocycles. The van der Waals surface area contributed by atoms with Gasteiger partial charge < -0.3 is 20.0 Å². The topological polar surface area (TPSA) is 82.8 Å². The minimum absolute atomic E-state index is 0.125. The van der Waals surface area contributed by atoms with E-state index in [0.717, 1.165) is 16.5 Å². The first-order chi connectivity index (χ1) is 11.1. The molecular weight excluding hydrogens is 314 g/mol. The number of guanidine groups is 1. The fourth-order valence-electron chi connectivity index (χ4n) is 2.00. The van der Waals surface area contributed by atoms with Crippen LogP contribution < -0.4 is 10.6 Å². The number of hydrogen-bond acceptors (Lipinski definition) is 5. The number of hydrogen-bond donors (Lipinski definition) is 2. The lowest BCUT2D eigenvalue weighted by atomic mass is 10.4. The number of amides is 1. The molecule has 8 heteroatoms. The number of nitrogens with one attached hydrogen (secondary N) is 2. The SMILES string of the molecule is CN=C(NCC(=O)NCc1ccco1)N(C)Cc1csc(C)n1. The van der Waals surface area contributed by atoms with Crippen LogP contribution in [-0.2, 0) is 17.9 Å². The molecule has 0 aromatic carbocycles. The van der Waals surface area contributed by atoms with Gasteiger partial charge in [0.2, 0.25) is 5.91 Å². The highest BCUT2D eigenvalue weighted by atomic mass is 32.1. The zero-order valence-electron chi connectivity index (χ0n) is 13.5. The van der Waals surface area contributed by atoms with E-state index in [2.05, 4.69) is 20.6 Å². The zero-order chi connectivity index (χ0) is 16.7. The third kappa shape index (κ3) is 5.41. The first-order valence-corrected chi connectivity index (χ1v) is 8.08. The van der Waals surface area contributed by atoms with Crippen LogP contribution in [0.3, 0.4) is 0 Å². The van der Waals surface area contributed by atoms with E-state index in [0.29, 0.717) is 19.0 Å². The summed E-state index contributed by atoms with van der Waals surface area (Å²) in [6.45, 7) is 3.14. The zero-order valence-corrected chi connectivity index (χ0v) is 14.3. The van der Waals surface area contributed by atoms with Crippen LogP contribution in [0.15, 0.2) is 33.2 Å². The molecule has 124 valence electrons. The molecule has 0 unspecified atom stereocenters. The third-order valence-corrected chi connectivity index (χ3v) is 3.91. The Morgan fingerprint density at radius 2 is 2.30 bits per heavy atom. The van der Waals surface area contributed by atoms with Crippen LogP contribution >= 0.6 is 11.3 Å². The normalized spacial score (nSPS) is 11.3. The van der Waals surface area contributed by atoms with E-state index in [1.165, 1.54) is 0 Å². The number of aromatic nitrogens is 1. The van der Waals surface area contributed by atoms with Crippen molar-refractivity contribution < 1.29 is 9.21 Å². The van der Waals surface area contributed by atoms with Gasteiger partial charge in [-0.05, 0) is 19.1 Å². The summed E-state index contributed by atoms with van der Waals surface area (Å²) in [4.78, 5) is 22.4. The Labute approximate surface area is 139 Å². The Morgan fingerprint density at radius 3 is 2.91 bits per heavy atom. The van der Waals surface area contributed by atoms with Crippen LogP contribution in [0.2, 0.25) is 0 Å². The average molecular weight is 335 g/mol. The molecule has 0 fully saturated rings. The molecule has 0 atom stereocenters. The van der Waals surface area contributed by atoms with E-state index in [9.17, 15) is 4.79 Å². The van der Waals surface area contributed by atoms with Crippen LogP contribution in [0.25, 0.3) is 0 Å². The summed E-state index contributed by atoms with van der Waals surface area (Å²) in [7, 11) is 3.59. The highest BCUT2D eigenvalue weighted by Gasteiger charge is 2.10. The summed E-state index contributed by atoms with van der Waals surface area (Å²) in [6.07, 6.45) is 1.58. The summed E-state index contributed by atoms with van der Waals surface area (Å²) in [5, 5.41) is 8.87. The number of thiazole rings is 1. The molecule has 2 N–H and O–H groups in total. The van der Waals surface area contributed by atoms with Gasteiger partial charge in [-0.25, -0.2) is 4.98 Å². The first-order valence-electron chi connectivity index (χ1n) is 7.20. The molecular formula is C15H21N5O2S. The van der Waals surface area contributed by atoms with E-state index >= 15 is 0 Å². The molecule has 0 aliphatic carbocycles. The third-order valence-electron chi connectivity index (χ3n) is 3.09. The van der Waals surface area contributed by atoms with E-state index in [4.69, 9.17) is 4.42 Å². The van der Waals surface area contributed by atoms with Crippen molar-refractivity contribution in [3.63, 3.8) is 0 Å². The van der Waals surface area contributed by atoms with Gasteiger partial charge in [0.25, 0.3) is 0 Å². The highest BCUT2D eigenvalue weighted by Crippen LogP contribution is 2.09. The van der Waals surface area contributed by atoms with Crippen LogP contribution in [0.5, 0.6) is 0 Å². The van der Waals surface area contributed by atoms with Gasteiger partial charge in [0.05, 0.1) is 36.6 Å². The second kappa shape index (κ2) is 8.33. The fourth-order valence-corrected chi connectivity index (χ4v) is 2.61. The van der Waals surface area contributed by atoms with Crippen LogP contribution in [0, 0.1) is 6.92 Å². The maximum absolute atomic E-state index is 11.8. The number of nitrogens with zero attached hydrogens (tertiary/aromatic N) is 3. The van der Waals surface area contributed by atoms with Crippen molar-refractivity contribution in [2.45, 2.75) is 20.0 Å². The van der Waals surface area contributed by atoms with Crippen molar-refractivity contribution in [3.8, 4) is 0 Å². The van der Waals surface area contributed by atoms with E-state index < -0.39 is 0 Å². The van der Waals surface area contributed by atoms with Crippen LogP contribution in [-0.4, -0.2) is 42.4 Å². The molecule has 0 saturated carbocycles. The number of carbonyl (C=O) groups is 1. The lowest BCUT2D eigenvalue weighted by Crippen LogP contribution is -2.43. The van der Waals surface area contributed by atoms with Gasteiger partial charge in [-0.15, -0.1) is 11.3 Å². The number of aliphatic imine (C=N–C) groups is 1. The minimum Gasteiger partial charge on any atom is -0.467 e. The molecule has 0 aliphatic heterocycles. The molecule has 0 radical (unpaired) electrons. The maximum Gasteiger partial charge on any atom is 0.239 e. The summed E-state index contributed by atoms with van der Waals surface area (Å²) < 4.78 is 5.16. The molecule has 0 bridgehead atoms. The summed E-state index contributed by atoms with van der Waals surface area (Å²) in [5.41, 5.74) is 0.986. The van der Waals surface area contributed by atoms with Crippen molar-refractivity contribution in [1.29, 1.82) is 0 Å². The molecule has 0 aliphatic rings. The van der Waals surface area contributed by atoms with Gasteiger partial charge in [-0.3, -0.25) is 9.79 Å². The monoisotopic (exact) mass is 335 g/mol. The van der Waals surface area contributed by atoms with Crippen molar-refractivity contribution >= 4 is 23.2 Å². The minimum atomic E-state index is -0.125. The van der Waals surface area contributed by atoms with Crippen molar-refractivity contribution in [2.75, 3.05) is 20.6 Å². The standard InChI is InChI=1S/C15H21N5O2S/c1-11-19-12(10-23-11)9-20(3)15(16-2)18-8-14(21)17-7-13-5-4-6-22-13/h4-6,10H,7-9H2,1-3H3,(H,16,18)(H,17,21). The van der Waals surface area contributed by atoms with Gasteiger partial charge in [0.1, 0.15) is 5.76 Å². The van der Waals surface area contributed by atoms with Gasteiger partial charge in [-0.1, -0.05) is 0 Å². The smallest absolute Gasteiger partial charge is 0.239 e. The molecule has 0 saturated heterocycles. The van der Waals surface area contributed by atoms with Crippen molar-refractivity contribution in [3.05, 3.63) is 40.2 Å². The van der Waals surface area contributed by atoms with Gasteiger partial charge >= 0.3 is 0 Å². The van der Waals surface area contributed by atoms with E-state index in [1.807, 2.05) is 30.3 Å². The largest absolute Gasteiger partial charge is 0.467 e. The van der Waals surface area contributed by atoms with Crippen LogP contribution in [0.4, 0.5) is 0 Å². The van der Waals surface area contributed by atoms with Crippen LogP contribution in [0.1, 0.15) is 16.5 Å². The molecule has 1 amide bonds. The second-order valence-electron chi connectivity index (χ2n) is 4.97. The van der Waals surface area contributed by atoms with E-state index in [1.54, 1.807) is 30.7 Å². The summed E-state index contributed by atoms with van der Waals surface area (Å²) in [5.74, 6) is 1.24. The van der Waals surface area contributed by atoms with Crippen molar-refractivity contribution in [1.82, 2.24) is 20.5 Å². The molecule has 7 nitrogen and oxygen atoms in total. The predicted molar refractivity (Wildman–Crippen MR) is 90.2 cm³/mol. The molecule has 2 aromatic heterocycles. The Morgan fingerprint density at radius 1 is 1.48 bits per heavy atom. The Hall–Kier alpha value is -2.35. The number of aryl methyl sites for hydroxylation is 1. The molecule has 2 rings (SSSR count). The fraction of sp³-hybridized carbons (Fsp3) is 0.400. The lowest BCUT2D eigenvalue weighted by molar-refractivity contribution is -0.120. The Kier molecular flexibility index (Phi) is 6.16. The summed E-state index contributed by atoms with van der Waals surface area (Å²) >= 11 is 1.62. The second-order valence-corrected chi connectivity index (χ2v) is 6.03. The quantitative estimate of drug-likeness (QED) is 0.615. The lowest BCUT2D eigenvalue weighted by Gasteiger charge is -2.20. The Balaban J connectivity index is 1.76. The molecule has 0 spiro atoms. The number of furan rings is 1. The number of carbonyl (C=O) groups excluding carboxylic acids is 1. The van der Waals surface area contributed by atoms with Gasteiger partial charge in [0, 0.05) is 19.5 Å². The highest BCUT2D eigenvalue weighted by molar-refractivity contribution is 7.09. The van der Waals surface area contributed by atoms with E-state index in [-0.39, 0.29) is 12.5 Å². The predicted octanol–water partition coefficient (Wildman–Crippen LogP) is 1.37. The average Bonchev–Trinajstić information content (AvgIpc) is 3.17. The Bertz CT molecular complexity index is 651. The molecule has 23 heavy (non-hydrogen) atoms. The van der Waals surface area contributed by atoms with Gasteiger partial charge in [0.15, 0.2) is 5.96 Å². The molecule has 2 aromatic rings. The van der Waals surface area contributed by atoms with Crippen molar-refractivity contribution in [2.24, 2.45) is 4.99 Å². The number of rotatable bonds is 6. The summed E-state index contributed by atoms with van der Waals surface area (Å²) in [6, 6.07) is 3.60. The van der Waals surface area contributed by atoms with Gasteiger partial charge in [-0.2, -0.15) is 0 Å². The first kappa shape index (κ1) is 17.0. The maximum atomic E-state index is 11.8.